The molecule has 0 atom stereocenters. The van der Waals surface area contributed by atoms with Crippen molar-refractivity contribution in [1.82, 2.24) is 0 Å². The van der Waals surface area contributed by atoms with Crippen molar-refractivity contribution in [2.24, 2.45) is 0 Å². The number of hydrogen-bond acceptors (Lipinski definition) is 3. The van der Waals surface area contributed by atoms with Crippen molar-refractivity contribution in [1.29, 1.82) is 0 Å². The Morgan fingerprint density at radius 3 is 1.71 bits per heavy atom. The van der Waals surface area contributed by atoms with Gasteiger partial charge in [0, 0.05) is 39.3 Å². The summed E-state index contributed by atoms with van der Waals surface area (Å²) in [4.78, 5) is 5.18. The van der Waals surface area contributed by atoms with Crippen LogP contribution in [0.3, 0.4) is 0 Å². The summed E-state index contributed by atoms with van der Waals surface area (Å²) in [7, 11) is 0. The van der Waals surface area contributed by atoms with Gasteiger partial charge in [0.15, 0.2) is 0 Å². The molecule has 3 aliphatic rings. The van der Waals surface area contributed by atoms with Crippen molar-refractivity contribution in [2.45, 2.75) is 137 Å². The predicted octanol–water partition coefficient (Wildman–Crippen LogP) is 13.6. The van der Waals surface area contributed by atoms with Crippen LogP contribution in [0.5, 0.6) is 0 Å². The Labute approximate surface area is 354 Å². The first kappa shape index (κ1) is 39.5. The van der Waals surface area contributed by atoms with Gasteiger partial charge in [0.1, 0.15) is 5.76 Å². The van der Waals surface area contributed by atoms with Crippen LogP contribution >= 0.6 is 0 Å². The van der Waals surface area contributed by atoms with E-state index in [-0.39, 0.29) is 33.8 Å². The molecule has 3 nitrogen and oxygen atoms in total. The number of nitrogens with zero attached hydrogens (tertiary/aromatic N) is 2. The van der Waals surface area contributed by atoms with Crippen LogP contribution in [0.4, 0.5) is 34.1 Å². The van der Waals surface area contributed by atoms with Crippen molar-refractivity contribution in [3.63, 3.8) is 0 Å². The smallest absolute Gasteiger partial charge is 0.297 e. The quantitative estimate of drug-likeness (QED) is 0.167. The minimum Gasteiger partial charge on any atom is -0.472 e. The Bertz CT molecular complexity index is 2620. The maximum absolute atomic E-state index is 7.65. The standard InChI is InChI=1S/C55H63BN2O/c1-34-30-44-47-45(31-34)58(42-26-22-37(52(5,6)7)32-40(42)35-18-16-15-17-19-35)48-46-49(55(13,14)29-28-54(46,11)12)59-50(48)56(47)41-33-38(53(8,9)10)23-27-43(41)57(44)39-24-20-36(21-25-39)51(2,3)4/h15-27,30-33H,28-29H2,1-14H3. The molecule has 1 aliphatic carbocycles. The molecule has 9 rings (SSSR count). The molecule has 0 fully saturated rings. The second-order valence-corrected chi connectivity index (χ2v) is 22.3. The lowest BCUT2D eigenvalue weighted by molar-refractivity contribution is 0.282. The largest absolute Gasteiger partial charge is 0.472 e. The molecule has 302 valence electrons. The van der Waals surface area contributed by atoms with E-state index in [1.807, 2.05) is 0 Å². The van der Waals surface area contributed by atoms with Gasteiger partial charge in [-0.1, -0.05) is 151 Å². The van der Waals surface area contributed by atoms with E-state index < -0.39 is 0 Å². The summed E-state index contributed by atoms with van der Waals surface area (Å²) in [6.07, 6.45) is 2.18. The van der Waals surface area contributed by atoms with E-state index in [0.29, 0.717) is 0 Å². The van der Waals surface area contributed by atoms with Gasteiger partial charge < -0.3 is 14.2 Å². The first-order chi connectivity index (χ1) is 27.6. The third kappa shape index (κ3) is 6.31. The molecule has 0 saturated heterocycles. The minimum atomic E-state index is -0.108. The van der Waals surface area contributed by atoms with Crippen LogP contribution in [0.2, 0.25) is 0 Å². The van der Waals surface area contributed by atoms with Crippen LogP contribution in [0, 0.1) is 6.92 Å². The van der Waals surface area contributed by atoms with E-state index in [0.717, 1.165) is 24.3 Å². The monoisotopic (exact) mass is 779 g/mol. The summed E-state index contributed by atoms with van der Waals surface area (Å²) in [6.45, 7) is 32.7. The average molecular weight is 779 g/mol. The van der Waals surface area contributed by atoms with Crippen molar-refractivity contribution < 1.29 is 4.42 Å². The van der Waals surface area contributed by atoms with Gasteiger partial charge >= 0.3 is 0 Å². The molecule has 1 aromatic heterocycles. The first-order valence-electron chi connectivity index (χ1n) is 21.9. The van der Waals surface area contributed by atoms with Crippen molar-refractivity contribution >= 4 is 57.4 Å². The second kappa shape index (κ2) is 13.0. The molecule has 5 aromatic carbocycles. The highest BCUT2D eigenvalue weighted by Gasteiger charge is 2.52. The molecule has 0 amide bonds. The average Bonchev–Trinajstić information content (AvgIpc) is 3.59. The zero-order valence-corrected chi connectivity index (χ0v) is 38.1. The molecule has 59 heavy (non-hydrogen) atoms. The van der Waals surface area contributed by atoms with Gasteiger partial charge in [-0.2, -0.15) is 0 Å². The normalized spacial score (nSPS) is 16.7. The molecule has 0 radical (unpaired) electrons. The summed E-state index contributed by atoms with van der Waals surface area (Å²) in [5.74, 6) is 1.15. The molecule has 4 heteroatoms. The third-order valence-corrected chi connectivity index (χ3v) is 13.7. The lowest BCUT2D eigenvalue weighted by atomic mass is 9.35. The fraction of sp³-hybridized carbons (Fsp3) is 0.382. The number of fused-ring (bicyclic) bond motifs is 6. The molecule has 6 aromatic rings. The Hall–Kier alpha value is -4.96. The number of hydrogen-bond donors (Lipinski definition) is 0. The van der Waals surface area contributed by atoms with Crippen LogP contribution in [-0.4, -0.2) is 6.71 Å². The van der Waals surface area contributed by atoms with Crippen LogP contribution in [-0.2, 0) is 27.1 Å². The van der Waals surface area contributed by atoms with E-state index >= 15 is 0 Å². The van der Waals surface area contributed by atoms with E-state index in [4.69, 9.17) is 4.42 Å². The summed E-state index contributed by atoms with van der Waals surface area (Å²) in [6, 6.07) is 39.7. The van der Waals surface area contributed by atoms with Crippen molar-refractivity contribution in [3.8, 4) is 11.1 Å². The van der Waals surface area contributed by atoms with Gasteiger partial charge in [0.05, 0.1) is 17.0 Å². The fourth-order valence-corrected chi connectivity index (χ4v) is 10.1. The first-order valence-corrected chi connectivity index (χ1v) is 21.9. The number of furan rings is 1. The Morgan fingerprint density at radius 2 is 1.10 bits per heavy atom. The third-order valence-electron chi connectivity index (χ3n) is 13.7. The molecule has 0 spiro atoms. The molecular formula is C55H63BN2O. The van der Waals surface area contributed by atoms with Crippen LogP contribution in [0.1, 0.15) is 136 Å². The summed E-state index contributed by atoms with van der Waals surface area (Å²) >= 11 is 0. The van der Waals surface area contributed by atoms with Gasteiger partial charge in [0.25, 0.3) is 6.71 Å². The molecule has 2 aliphatic heterocycles. The highest BCUT2D eigenvalue weighted by molar-refractivity contribution is 6.99. The molecule has 0 unspecified atom stereocenters. The summed E-state index contributed by atoms with van der Waals surface area (Å²) in [5.41, 5.74) is 19.9. The van der Waals surface area contributed by atoms with Crippen molar-refractivity contribution in [3.05, 3.63) is 137 Å². The lowest BCUT2D eigenvalue weighted by Gasteiger charge is -2.45. The van der Waals surface area contributed by atoms with Gasteiger partial charge in [-0.25, -0.2) is 0 Å². The zero-order valence-electron chi connectivity index (χ0n) is 38.1. The van der Waals surface area contributed by atoms with Crippen LogP contribution in [0.25, 0.3) is 11.1 Å². The van der Waals surface area contributed by atoms with E-state index in [1.54, 1.807) is 0 Å². The number of rotatable bonds is 3. The molecule has 0 bridgehead atoms. The second-order valence-electron chi connectivity index (χ2n) is 22.3. The number of benzene rings is 5. The lowest BCUT2D eigenvalue weighted by Crippen LogP contribution is -2.61. The van der Waals surface area contributed by atoms with Gasteiger partial charge in [0.2, 0.25) is 0 Å². The predicted molar refractivity (Wildman–Crippen MR) is 254 cm³/mol. The molecule has 0 saturated carbocycles. The minimum absolute atomic E-state index is 0.0129. The van der Waals surface area contributed by atoms with E-state index in [9.17, 15) is 0 Å². The molecule has 3 heterocycles. The van der Waals surface area contributed by atoms with E-state index in [1.165, 1.54) is 84.0 Å². The van der Waals surface area contributed by atoms with Crippen LogP contribution < -0.4 is 26.4 Å². The number of anilines is 6. The fourth-order valence-electron chi connectivity index (χ4n) is 10.1. The maximum Gasteiger partial charge on any atom is 0.297 e. The highest BCUT2D eigenvalue weighted by atomic mass is 16.3. The Morgan fingerprint density at radius 1 is 0.559 bits per heavy atom. The Balaban J connectivity index is 1.43. The van der Waals surface area contributed by atoms with Gasteiger partial charge in [-0.3, -0.25) is 0 Å². The summed E-state index contributed by atoms with van der Waals surface area (Å²) < 4.78 is 7.65. The van der Waals surface area contributed by atoms with Gasteiger partial charge in [-0.15, -0.1) is 0 Å². The van der Waals surface area contributed by atoms with Gasteiger partial charge in [-0.05, 0) is 123 Å². The molecule has 0 N–H and O–H groups in total. The van der Waals surface area contributed by atoms with Crippen molar-refractivity contribution in [2.75, 3.05) is 9.80 Å². The zero-order chi connectivity index (χ0) is 42.2. The highest BCUT2D eigenvalue weighted by Crippen LogP contribution is 2.56. The molecular weight excluding hydrogens is 715 g/mol. The summed E-state index contributed by atoms with van der Waals surface area (Å²) in [5, 5.41) is 0. The SMILES string of the molecule is Cc1cc2c3c(c1)N(c1ccc(C(C)(C)C)cc1-c1ccccc1)c1c(oc4c1C(C)(C)CCC4(C)C)B3c1cc(C(C)(C)C)ccc1N2c1ccc(C(C)(C)C)cc1. The van der Waals surface area contributed by atoms with Crippen LogP contribution in [0.15, 0.2) is 108 Å². The number of aryl methyl sites for hydroxylation is 1. The topological polar surface area (TPSA) is 19.6 Å². The van der Waals surface area contributed by atoms with E-state index in [2.05, 4.69) is 210 Å². The maximum atomic E-state index is 7.65. The Kier molecular flexibility index (Phi) is 8.72.